The SMILES string of the molecule is CSc1nc2nc(C)c(CC(=O)NCc3ccc(C)c(F)c3)c(C)n2n1. The Hall–Kier alpha value is -2.48. The quantitative estimate of drug-likeness (QED) is 0.696. The van der Waals surface area contributed by atoms with E-state index in [1.54, 1.807) is 17.5 Å². The molecule has 3 aromatic rings. The number of nitrogens with one attached hydrogen (secondary N) is 1. The normalized spacial score (nSPS) is 11.1. The van der Waals surface area contributed by atoms with E-state index in [2.05, 4.69) is 20.4 Å². The molecule has 0 unspecified atom stereocenters. The van der Waals surface area contributed by atoms with Crippen molar-refractivity contribution < 1.29 is 9.18 Å². The molecule has 6 nitrogen and oxygen atoms in total. The van der Waals surface area contributed by atoms with Gasteiger partial charge >= 0.3 is 0 Å². The smallest absolute Gasteiger partial charge is 0.253 e. The van der Waals surface area contributed by atoms with Gasteiger partial charge in [-0.1, -0.05) is 23.9 Å². The van der Waals surface area contributed by atoms with E-state index in [1.807, 2.05) is 26.2 Å². The largest absolute Gasteiger partial charge is 0.352 e. The molecule has 0 aliphatic rings. The lowest BCUT2D eigenvalue weighted by atomic mass is 10.1. The molecule has 0 radical (unpaired) electrons. The van der Waals surface area contributed by atoms with Crippen LogP contribution in [0.4, 0.5) is 4.39 Å². The molecule has 3 rings (SSSR count). The van der Waals surface area contributed by atoms with Crippen LogP contribution in [0.25, 0.3) is 5.78 Å². The zero-order chi connectivity index (χ0) is 18.8. The van der Waals surface area contributed by atoms with Crippen molar-refractivity contribution in [3.8, 4) is 0 Å². The van der Waals surface area contributed by atoms with Crippen LogP contribution in [0.5, 0.6) is 0 Å². The minimum absolute atomic E-state index is 0.150. The fourth-order valence-electron chi connectivity index (χ4n) is 2.70. The topological polar surface area (TPSA) is 72.2 Å². The Morgan fingerprint density at radius 1 is 1.27 bits per heavy atom. The number of amides is 1. The average molecular weight is 373 g/mol. The lowest BCUT2D eigenvalue weighted by Gasteiger charge is -2.11. The summed E-state index contributed by atoms with van der Waals surface area (Å²) >= 11 is 1.44. The zero-order valence-corrected chi connectivity index (χ0v) is 15.9. The molecule has 0 saturated carbocycles. The molecular formula is C18H20FN5OS. The summed E-state index contributed by atoms with van der Waals surface area (Å²) in [6.07, 6.45) is 2.09. The van der Waals surface area contributed by atoms with Crippen LogP contribution in [-0.2, 0) is 17.8 Å². The van der Waals surface area contributed by atoms with E-state index in [0.717, 1.165) is 22.5 Å². The van der Waals surface area contributed by atoms with Crippen molar-refractivity contribution in [3.63, 3.8) is 0 Å². The molecule has 0 bridgehead atoms. The second kappa shape index (κ2) is 7.41. The predicted octanol–water partition coefficient (Wildman–Crippen LogP) is 2.77. The van der Waals surface area contributed by atoms with E-state index in [9.17, 15) is 9.18 Å². The molecule has 0 fully saturated rings. The maximum Gasteiger partial charge on any atom is 0.253 e. The van der Waals surface area contributed by atoms with Gasteiger partial charge in [0, 0.05) is 23.5 Å². The van der Waals surface area contributed by atoms with E-state index in [0.29, 0.717) is 16.5 Å². The Balaban J connectivity index is 1.75. The van der Waals surface area contributed by atoms with E-state index in [4.69, 9.17) is 0 Å². The summed E-state index contributed by atoms with van der Waals surface area (Å²) in [6, 6.07) is 4.96. The van der Waals surface area contributed by atoms with E-state index < -0.39 is 0 Å². The van der Waals surface area contributed by atoms with Crippen molar-refractivity contribution in [2.75, 3.05) is 6.26 Å². The van der Waals surface area contributed by atoms with Crippen molar-refractivity contribution in [1.29, 1.82) is 0 Å². The van der Waals surface area contributed by atoms with Gasteiger partial charge < -0.3 is 5.32 Å². The Morgan fingerprint density at radius 2 is 2.04 bits per heavy atom. The standard InChI is InChI=1S/C18H20FN5OS/c1-10-5-6-13(7-15(10)19)9-20-16(25)8-14-11(2)21-17-22-18(26-4)23-24(17)12(14)3/h5-7H,8-9H2,1-4H3,(H,20,25). The number of rotatable bonds is 5. The molecule has 0 atom stereocenters. The number of aromatic nitrogens is 4. The molecule has 1 N–H and O–H groups in total. The fourth-order valence-corrected chi connectivity index (χ4v) is 3.04. The summed E-state index contributed by atoms with van der Waals surface area (Å²) < 4.78 is 15.3. The Kier molecular flexibility index (Phi) is 5.22. The highest BCUT2D eigenvalue weighted by atomic mass is 32.2. The molecule has 0 aliphatic carbocycles. The summed E-state index contributed by atoms with van der Waals surface area (Å²) in [5, 5.41) is 7.86. The number of hydrogen-bond donors (Lipinski definition) is 1. The van der Waals surface area contributed by atoms with Crippen LogP contribution < -0.4 is 5.32 Å². The lowest BCUT2D eigenvalue weighted by Crippen LogP contribution is -2.26. The molecule has 8 heteroatoms. The lowest BCUT2D eigenvalue weighted by molar-refractivity contribution is -0.120. The van der Waals surface area contributed by atoms with E-state index >= 15 is 0 Å². The summed E-state index contributed by atoms with van der Waals surface area (Å²) in [6.45, 7) is 5.75. The molecule has 2 heterocycles. The maximum absolute atomic E-state index is 13.6. The Morgan fingerprint density at radius 3 is 2.73 bits per heavy atom. The molecule has 0 saturated heterocycles. The highest BCUT2D eigenvalue weighted by Gasteiger charge is 2.16. The second-order valence-corrected chi connectivity index (χ2v) is 6.88. The highest BCUT2D eigenvalue weighted by molar-refractivity contribution is 7.98. The van der Waals surface area contributed by atoms with Crippen LogP contribution in [0.3, 0.4) is 0 Å². The molecule has 0 aliphatic heterocycles. The van der Waals surface area contributed by atoms with Crippen molar-refractivity contribution in [2.45, 2.75) is 38.9 Å². The van der Waals surface area contributed by atoms with Crippen LogP contribution in [0.1, 0.15) is 28.1 Å². The molecule has 0 spiro atoms. The first-order chi connectivity index (χ1) is 12.4. The Labute approximate surface area is 155 Å². The molecule has 26 heavy (non-hydrogen) atoms. The number of benzene rings is 1. The molecule has 1 aromatic carbocycles. The Bertz CT molecular complexity index is 985. The van der Waals surface area contributed by atoms with Gasteiger partial charge in [0.1, 0.15) is 5.82 Å². The summed E-state index contributed by atoms with van der Waals surface area (Å²) in [5.74, 6) is 0.112. The van der Waals surface area contributed by atoms with Crippen LogP contribution in [-0.4, -0.2) is 31.7 Å². The number of fused-ring (bicyclic) bond motifs is 1. The average Bonchev–Trinajstić information content (AvgIpc) is 3.03. The van der Waals surface area contributed by atoms with Gasteiger partial charge in [-0.25, -0.2) is 13.9 Å². The summed E-state index contributed by atoms with van der Waals surface area (Å²) in [4.78, 5) is 21.1. The molecule has 1 amide bonds. The maximum atomic E-state index is 13.6. The third-order valence-corrected chi connectivity index (χ3v) is 4.81. The monoisotopic (exact) mass is 373 g/mol. The first kappa shape index (κ1) is 18.3. The molecular weight excluding hydrogens is 353 g/mol. The first-order valence-electron chi connectivity index (χ1n) is 8.17. The number of carbonyl (C=O) groups is 1. The van der Waals surface area contributed by atoms with Gasteiger partial charge in [-0.2, -0.15) is 4.98 Å². The molecule has 2 aromatic heterocycles. The number of nitrogens with zero attached hydrogens (tertiary/aromatic N) is 4. The van der Waals surface area contributed by atoms with Crippen molar-refractivity contribution >= 4 is 23.4 Å². The predicted molar refractivity (Wildman–Crippen MR) is 98.7 cm³/mol. The summed E-state index contributed by atoms with van der Waals surface area (Å²) in [5.41, 5.74) is 3.73. The van der Waals surface area contributed by atoms with Crippen LogP contribution in [0, 0.1) is 26.6 Å². The van der Waals surface area contributed by atoms with Gasteiger partial charge in [0.15, 0.2) is 0 Å². The van der Waals surface area contributed by atoms with Gasteiger partial charge in [0.25, 0.3) is 5.78 Å². The van der Waals surface area contributed by atoms with Gasteiger partial charge in [-0.15, -0.1) is 5.10 Å². The first-order valence-corrected chi connectivity index (χ1v) is 9.40. The van der Waals surface area contributed by atoms with Gasteiger partial charge in [-0.05, 0) is 44.2 Å². The van der Waals surface area contributed by atoms with E-state index in [1.165, 1.54) is 17.8 Å². The summed E-state index contributed by atoms with van der Waals surface area (Å²) in [7, 11) is 0. The number of thioether (sulfide) groups is 1. The minimum Gasteiger partial charge on any atom is -0.352 e. The third kappa shape index (κ3) is 3.70. The zero-order valence-electron chi connectivity index (χ0n) is 15.1. The second-order valence-electron chi connectivity index (χ2n) is 6.11. The minimum atomic E-state index is -0.270. The number of aryl methyl sites for hydroxylation is 3. The van der Waals surface area contributed by atoms with Crippen molar-refractivity contribution in [2.24, 2.45) is 0 Å². The van der Waals surface area contributed by atoms with Crippen molar-refractivity contribution in [1.82, 2.24) is 24.9 Å². The van der Waals surface area contributed by atoms with Crippen molar-refractivity contribution in [3.05, 3.63) is 52.1 Å². The number of halogens is 1. The van der Waals surface area contributed by atoms with Gasteiger partial charge in [0.05, 0.1) is 6.42 Å². The number of carbonyl (C=O) groups excluding carboxylic acids is 1. The fraction of sp³-hybridized carbons (Fsp3) is 0.333. The third-order valence-electron chi connectivity index (χ3n) is 4.28. The molecule has 136 valence electrons. The van der Waals surface area contributed by atoms with Gasteiger partial charge in [0.2, 0.25) is 11.1 Å². The van der Waals surface area contributed by atoms with Gasteiger partial charge in [-0.3, -0.25) is 4.79 Å². The van der Waals surface area contributed by atoms with Crippen LogP contribution in [0.15, 0.2) is 23.4 Å². The number of hydrogen-bond acceptors (Lipinski definition) is 5. The highest BCUT2D eigenvalue weighted by Crippen LogP contribution is 2.17. The van der Waals surface area contributed by atoms with Crippen LogP contribution >= 0.6 is 11.8 Å². The van der Waals surface area contributed by atoms with Crippen LogP contribution in [0.2, 0.25) is 0 Å². The van der Waals surface area contributed by atoms with E-state index in [-0.39, 0.29) is 24.7 Å².